The molecule has 1 amide bonds. The molecule has 3 unspecified atom stereocenters. The number of carbonyl (C=O) groups is 1. The molecule has 1 aliphatic carbocycles. The molecule has 0 spiro atoms. The van der Waals surface area contributed by atoms with Crippen LogP contribution in [0.4, 0.5) is 4.39 Å². The maximum absolute atomic E-state index is 13.1. The van der Waals surface area contributed by atoms with E-state index in [-0.39, 0.29) is 29.9 Å². The molecule has 0 bridgehead atoms. The van der Waals surface area contributed by atoms with Gasteiger partial charge in [0.15, 0.2) is 0 Å². The van der Waals surface area contributed by atoms with E-state index in [2.05, 4.69) is 5.32 Å². The number of nitrogens with one attached hydrogen (secondary N) is 1. The lowest BCUT2D eigenvalue weighted by molar-refractivity contribution is -0.134. The van der Waals surface area contributed by atoms with Crippen LogP contribution in [0.2, 0.25) is 0 Å². The lowest BCUT2D eigenvalue weighted by atomic mass is 9.85. The summed E-state index contributed by atoms with van der Waals surface area (Å²) in [7, 11) is -3.65. The zero-order valence-corrected chi connectivity index (χ0v) is 16.1. The minimum atomic E-state index is -3.65. The van der Waals surface area contributed by atoms with Crippen LogP contribution in [0, 0.1) is 11.7 Å². The van der Waals surface area contributed by atoms with E-state index in [9.17, 15) is 17.6 Å². The van der Waals surface area contributed by atoms with Crippen molar-refractivity contribution in [3.05, 3.63) is 30.1 Å². The summed E-state index contributed by atoms with van der Waals surface area (Å²) < 4.78 is 39.8. The van der Waals surface area contributed by atoms with E-state index in [1.54, 1.807) is 4.90 Å². The van der Waals surface area contributed by atoms with Crippen LogP contribution >= 0.6 is 0 Å². The first-order chi connectivity index (χ1) is 12.9. The van der Waals surface area contributed by atoms with Crippen LogP contribution in [0.3, 0.4) is 0 Å². The molecule has 6 nitrogen and oxygen atoms in total. The van der Waals surface area contributed by atoms with Gasteiger partial charge < -0.3 is 10.2 Å². The molecular formula is C19H26FN3O3S. The largest absolute Gasteiger partial charge is 0.339 e. The number of piperazine rings is 1. The quantitative estimate of drug-likeness (QED) is 0.844. The summed E-state index contributed by atoms with van der Waals surface area (Å²) in [6.07, 6.45) is 5.74. The first-order valence-electron chi connectivity index (χ1n) is 9.76. The van der Waals surface area contributed by atoms with Gasteiger partial charge in [0.1, 0.15) is 5.82 Å². The molecule has 27 heavy (non-hydrogen) atoms. The van der Waals surface area contributed by atoms with Gasteiger partial charge in [0.25, 0.3) is 0 Å². The predicted molar refractivity (Wildman–Crippen MR) is 99.0 cm³/mol. The average Bonchev–Trinajstić information content (AvgIpc) is 3.12. The van der Waals surface area contributed by atoms with E-state index in [4.69, 9.17) is 0 Å². The summed E-state index contributed by atoms with van der Waals surface area (Å²) in [5.41, 5.74) is 0. The molecule has 1 N–H and O–H groups in total. The monoisotopic (exact) mass is 395 g/mol. The van der Waals surface area contributed by atoms with Crippen molar-refractivity contribution in [1.29, 1.82) is 0 Å². The first kappa shape index (κ1) is 18.8. The highest BCUT2D eigenvalue weighted by atomic mass is 32.2. The fraction of sp³-hybridized carbons (Fsp3) is 0.632. The summed E-state index contributed by atoms with van der Waals surface area (Å²) in [5.74, 6) is 0.241. The Morgan fingerprint density at radius 3 is 2.37 bits per heavy atom. The molecule has 148 valence electrons. The van der Waals surface area contributed by atoms with Gasteiger partial charge in [-0.1, -0.05) is 12.8 Å². The zero-order chi connectivity index (χ0) is 19.0. The smallest absolute Gasteiger partial charge is 0.243 e. The zero-order valence-electron chi connectivity index (χ0n) is 15.3. The van der Waals surface area contributed by atoms with Crippen molar-refractivity contribution in [2.45, 2.75) is 49.1 Å². The predicted octanol–water partition coefficient (Wildman–Crippen LogP) is 1.58. The number of sulfonamides is 1. The van der Waals surface area contributed by atoms with Crippen molar-refractivity contribution in [1.82, 2.24) is 14.5 Å². The molecule has 1 aromatic carbocycles. The molecule has 8 heteroatoms. The van der Waals surface area contributed by atoms with Crippen LogP contribution in [0.5, 0.6) is 0 Å². The van der Waals surface area contributed by atoms with E-state index < -0.39 is 15.8 Å². The first-order valence-corrected chi connectivity index (χ1v) is 11.2. The molecule has 2 saturated heterocycles. The van der Waals surface area contributed by atoms with Gasteiger partial charge in [-0.25, -0.2) is 12.8 Å². The summed E-state index contributed by atoms with van der Waals surface area (Å²) >= 11 is 0. The topological polar surface area (TPSA) is 69.7 Å². The standard InChI is InChI=1S/C19H26FN3O3S/c20-15-5-7-16(8-6-15)27(25,26)23-11-9-22(10-12-23)19(24)18-13-14-3-1-2-4-17(14)21-18/h5-8,14,17-18,21H,1-4,9-13H2. The molecule has 1 aromatic rings. The molecule has 1 saturated carbocycles. The highest BCUT2D eigenvalue weighted by Crippen LogP contribution is 2.33. The van der Waals surface area contributed by atoms with Gasteiger partial charge in [-0.15, -0.1) is 0 Å². The molecular weight excluding hydrogens is 369 g/mol. The fourth-order valence-electron chi connectivity index (χ4n) is 4.64. The van der Waals surface area contributed by atoms with Crippen LogP contribution in [0.1, 0.15) is 32.1 Å². The van der Waals surface area contributed by atoms with Crippen LogP contribution in [-0.4, -0.2) is 61.8 Å². The van der Waals surface area contributed by atoms with Gasteiger partial charge >= 0.3 is 0 Å². The number of halogens is 1. The van der Waals surface area contributed by atoms with Crippen molar-refractivity contribution in [2.75, 3.05) is 26.2 Å². The Labute approximate surface area is 159 Å². The van der Waals surface area contributed by atoms with Crippen LogP contribution in [0.15, 0.2) is 29.2 Å². The molecule has 2 aliphatic heterocycles. The molecule has 3 aliphatic rings. The number of amides is 1. The molecule has 3 atom stereocenters. The third kappa shape index (κ3) is 3.75. The van der Waals surface area contributed by atoms with Gasteiger partial charge in [-0.2, -0.15) is 4.31 Å². The Hall–Kier alpha value is -1.51. The Balaban J connectivity index is 1.36. The number of hydrogen-bond acceptors (Lipinski definition) is 4. The molecule has 0 aromatic heterocycles. The Kier molecular flexibility index (Phi) is 5.22. The van der Waals surface area contributed by atoms with E-state index in [0.717, 1.165) is 25.0 Å². The van der Waals surface area contributed by atoms with Crippen molar-refractivity contribution >= 4 is 15.9 Å². The number of benzene rings is 1. The van der Waals surface area contributed by atoms with Gasteiger partial charge in [0.05, 0.1) is 10.9 Å². The van der Waals surface area contributed by atoms with Gasteiger partial charge in [0.2, 0.25) is 15.9 Å². The molecule has 0 radical (unpaired) electrons. The second-order valence-corrected chi connectivity index (χ2v) is 9.73. The summed E-state index contributed by atoms with van der Waals surface area (Å²) in [5, 5.41) is 3.50. The van der Waals surface area contributed by atoms with E-state index in [1.165, 1.54) is 35.7 Å². The summed E-state index contributed by atoms with van der Waals surface area (Å²) in [4.78, 5) is 14.7. The van der Waals surface area contributed by atoms with Crippen LogP contribution in [-0.2, 0) is 14.8 Å². The SMILES string of the molecule is O=C(C1CC2CCCCC2N1)N1CCN(S(=O)(=O)c2ccc(F)cc2)CC1. The normalized spacial score (nSPS) is 29.5. The minimum Gasteiger partial charge on any atom is -0.339 e. The maximum Gasteiger partial charge on any atom is 0.243 e. The van der Waals surface area contributed by atoms with E-state index >= 15 is 0 Å². The Morgan fingerprint density at radius 1 is 1.04 bits per heavy atom. The molecule has 2 heterocycles. The van der Waals surface area contributed by atoms with Crippen LogP contribution in [0.25, 0.3) is 0 Å². The summed E-state index contributed by atoms with van der Waals surface area (Å²) in [6, 6.07) is 5.21. The fourth-order valence-corrected chi connectivity index (χ4v) is 6.06. The third-order valence-electron chi connectivity index (χ3n) is 6.16. The minimum absolute atomic E-state index is 0.0882. The highest BCUT2D eigenvalue weighted by molar-refractivity contribution is 7.89. The lowest BCUT2D eigenvalue weighted by Crippen LogP contribution is -2.54. The van der Waals surface area contributed by atoms with Crippen molar-refractivity contribution in [3.63, 3.8) is 0 Å². The maximum atomic E-state index is 13.1. The molecule has 3 fully saturated rings. The van der Waals surface area contributed by atoms with Crippen molar-refractivity contribution < 1.29 is 17.6 Å². The Bertz CT molecular complexity index is 777. The average molecular weight is 396 g/mol. The summed E-state index contributed by atoms with van der Waals surface area (Å²) in [6.45, 7) is 1.33. The van der Waals surface area contributed by atoms with E-state index in [1.807, 2.05) is 0 Å². The number of carbonyl (C=O) groups excluding carboxylic acids is 1. The second kappa shape index (κ2) is 7.48. The van der Waals surface area contributed by atoms with Crippen molar-refractivity contribution in [2.24, 2.45) is 5.92 Å². The number of nitrogens with zero attached hydrogens (tertiary/aromatic N) is 2. The van der Waals surface area contributed by atoms with Gasteiger partial charge in [0, 0.05) is 32.2 Å². The second-order valence-electron chi connectivity index (χ2n) is 7.79. The lowest BCUT2D eigenvalue weighted by Gasteiger charge is -2.35. The highest BCUT2D eigenvalue weighted by Gasteiger charge is 2.40. The van der Waals surface area contributed by atoms with Crippen molar-refractivity contribution in [3.8, 4) is 0 Å². The Morgan fingerprint density at radius 2 is 1.70 bits per heavy atom. The van der Waals surface area contributed by atoms with Gasteiger partial charge in [-0.05, 0) is 49.4 Å². The number of fused-ring (bicyclic) bond motifs is 1. The van der Waals surface area contributed by atoms with E-state index in [0.29, 0.717) is 25.0 Å². The third-order valence-corrected chi connectivity index (χ3v) is 8.08. The van der Waals surface area contributed by atoms with Crippen LogP contribution < -0.4 is 5.32 Å². The van der Waals surface area contributed by atoms with Gasteiger partial charge in [-0.3, -0.25) is 4.79 Å². The number of hydrogen-bond donors (Lipinski definition) is 1. The number of rotatable bonds is 3. The molecule has 4 rings (SSSR count).